The van der Waals surface area contributed by atoms with E-state index in [1.54, 1.807) is 21.0 Å². The first-order valence-electron chi connectivity index (χ1n) is 7.49. The van der Waals surface area contributed by atoms with Crippen molar-refractivity contribution < 1.29 is 9.64 Å². The Balaban J connectivity index is 2.27. The summed E-state index contributed by atoms with van der Waals surface area (Å²) in [6.45, 7) is 4.57. The van der Waals surface area contributed by atoms with E-state index in [4.69, 9.17) is 4.74 Å². The lowest BCUT2D eigenvalue weighted by Crippen LogP contribution is -3.07. The molecule has 1 aromatic heterocycles. The highest BCUT2D eigenvalue weighted by atomic mass is 79.9. The average Bonchev–Trinajstić information content (AvgIpc) is 2.53. The second kappa shape index (κ2) is 7.60. The van der Waals surface area contributed by atoms with Gasteiger partial charge in [-0.25, -0.2) is 0 Å². The molecule has 0 aliphatic rings. The zero-order valence-electron chi connectivity index (χ0n) is 14.2. The molecule has 0 amide bonds. The Hall–Kier alpha value is -2.17. The molecule has 6 nitrogen and oxygen atoms in total. The van der Waals surface area contributed by atoms with Crippen LogP contribution < -0.4 is 15.2 Å². The van der Waals surface area contributed by atoms with Gasteiger partial charge in [-0.1, -0.05) is 15.9 Å². The summed E-state index contributed by atoms with van der Waals surface area (Å²) in [5.41, 5.74) is 2.18. The van der Waals surface area contributed by atoms with Gasteiger partial charge in [0.15, 0.2) is 6.67 Å². The van der Waals surface area contributed by atoms with Gasteiger partial charge in [-0.05, 0) is 37.6 Å². The summed E-state index contributed by atoms with van der Waals surface area (Å²) in [4.78, 5) is 13.4. The van der Waals surface area contributed by atoms with Crippen LogP contribution in [-0.4, -0.2) is 23.9 Å². The number of hydrogen-bond acceptors (Lipinski definition) is 4. The predicted molar refractivity (Wildman–Crippen MR) is 94.0 cm³/mol. The first kappa shape index (κ1) is 18.2. The molecule has 0 saturated heterocycles. The molecule has 24 heavy (non-hydrogen) atoms. The van der Waals surface area contributed by atoms with E-state index in [1.165, 1.54) is 4.68 Å². The second-order valence-corrected chi connectivity index (χ2v) is 6.67. The van der Waals surface area contributed by atoms with Gasteiger partial charge >= 0.3 is 0 Å². The molecule has 1 N–H and O–H groups in total. The molecule has 126 valence electrons. The van der Waals surface area contributed by atoms with Crippen LogP contribution in [0.25, 0.3) is 0 Å². The molecule has 0 spiro atoms. The van der Waals surface area contributed by atoms with E-state index in [0.717, 1.165) is 20.7 Å². The lowest BCUT2D eigenvalue weighted by Gasteiger charge is -2.17. The topological polar surface area (TPSA) is 72.3 Å². The molecular formula is C17H20BrN4O2+. The minimum atomic E-state index is -0.346. The summed E-state index contributed by atoms with van der Waals surface area (Å²) in [7, 11) is 3.60. The molecule has 2 aromatic rings. The SMILES string of the molecule is COc1ccc(Br)cc1C[NH+](C)Cn1nc(C)c(C)c(C#N)c1=O. The molecule has 7 heteroatoms. The summed E-state index contributed by atoms with van der Waals surface area (Å²) in [6, 6.07) is 7.81. The third-order valence-electron chi connectivity index (χ3n) is 3.90. The smallest absolute Gasteiger partial charge is 0.289 e. The van der Waals surface area contributed by atoms with E-state index in [1.807, 2.05) is 31.3 Å². The number of benzene rings is 1. The Morgan fingerprint density at radius 1 is 1.42 bits per heavy atom. The fourth-order valence-corrected chi connectivity index (χ4v) is 2.94. The average molecular weight is 392 g/mol. The number of ether oxygens (including phenoxy) is 1. The van der Waals surface area contributed by atoms with Crippen LogP contribution in [-0.2, 0) is 13.2 Å². The molecule has 0 saturated carbocycles. The highest BCUT2D eigenvalue weighted by Crippen LogP contribution is 2.22. The molecule has 0 fully saturated rings. The maximum Gasteiger partial charge on any atom is 0.289 e. The molecule has 1 atom stereocenters. The molecule has 2 rings (SSSR count). The van der Waals surface area contributed by atoms with Crippen molar-refractivity contribution in [3.8, 4) is 11.8 Å². The van der Waals surface area contributed by atoms with Crippen LogP contribution in [0.3, 0.4) is 0 Å². The van der Waals surface area contributed by atoms with Crippen LogP contribution in [0, 0.1) is 25.2 Å². The fraction of sp³-hybridized carbons (Fsp3) is 0.353. The quantitative estimate of drug-likeness (QED) is 0.830. The molecule has 0 radical (unpaired) electrons. The standard InChI is InChI=1S/C17H19BrN4O2/c1-11-12(2)20-22(17(23)15(11)8-19)10-21(3)9-13-7-14(18)5-6-16(13)24-4/h5-7H,9-10H2,1-4H3/p+1. The normalized spacial score (nSPS) is 11.8. The van der Waals surface area contributed by atoms with Crippen molar-refractivity contribution in [2.24, 2.45) is 0 Å². The summed E-state index contributed by atoms with van der Waals surface area (Å²) >= 11 is 3.46. The van der Waals surface area contributed by atoms with E-state index < -0.39 is 0 Å². The van der Waals surface area contributed by atoms with Gasteiger partial charge in [0.05, 0.1) is 19.9 Å². The van der Waals surface area contributed by atoms with E-state index in [9.17, 15) is 10.1 Å². The Kier molecular flexibility index (Phi) is 5.75. The van der Waals surface area contributed by atoms with Crippen molar-refractivity contribution in [1.82, 2.24) is 9.78 Å². The number of halogens is 1. The largest absolute Gasteiger partial charge is 0.496 e. The monoisotopic (exact) mass is 391 g/mol. The molecule has 0 bridgehead atoms. The molecule has 1 heterocycles. The zero-order chi connectivity index (χ0) is 17.9. The second-order valence-electron chi connectivity index (χ2n) is 5.75. The van der Waals surface area contributed by atoms with Crippen LogP contribution >= 0.6 is 15.9 Å². The molecule has 0 aliphatic carbocycles. The van der Waals surface area contributed by atoms with Gasteiger partial charge in [0.1, 0.15) is 23.9 Å². The van der Waals surface area contributed by atoms with Crippen LogP contribution in [0.4, 0.5) is 0 Å². The number of rotatable bonds is 5. The first-order chi connectivity index (χ1) is 11.4. The predicted octanol–water partition coefficient (Wildman–Crippen LogP) is 1.18. The third-order valence-corrected chi connectivity index (χ3v) is 4.40. The fourth-order valence-electron chi connectivity index (χ4n) is 2.53. The number of nitrogens with zero attached hydrogens (tertiary/aromatic N) is 3. The third kappa shape index (κ3) is 3.83. The first-order valence-corrected chi connectivity index (χ1v) is 8.28. The van der Waals surface area contributed by atoms with E-state index in [2.05, 4.69) is 21.0 Å². The van der Waals surface area contributed by atoms with Crippen LogP contribution in [0.5, 0.6) is 5.75 Å². The van der Waals surface area contributed by atoms with Crippen molar-refractivity contribution in [1.29, 1.82) is 5.26 Å². The van der Waals surface area contributed by atoms with Gasteiger partial charge in [-0.3, -0.25) is 4.79 Å². The van der Waals surface area contributed by atoms with Crippen molar-refractivity contribution in [2.75, 3.05) is 14.2 Å². The number of hydrogen-bond donors (Lipinski definition) is 1. The summed E-state index contributed by atoms with van der Waals surface area (Å²) in [6.07, 6.45) is 0. The number of methoxy groups -OCH3 is 1. The summed E-state index contributed by atoms with van der Waals surface area (Å²) in [5, 5.41) is 13.5. The van der Waals surface area contributed by atoms with Gasteiger partial charge in [0.25, 0.3) is 5.56 Å². The van der Waals surface area contributed by atoms with Crippen molar-refractivity contribution in [3.63, 3.8) is 0 Å². The lowest BCUT2D eigenvalue weighted by atomic mass is 10.1. The highest BCUT2D eigenvalue weighted by Gasteiger charge is 2.15. The van der Waals surface area contributed by atoms with Gasteiger partial charge in [0, 0.05) is 10.0 Å². The summed E-state index contributed by atoms with van der Waals surface area (Å²) in [5.74, 6) is 0.802. The minimum absolute atomic E-state index is 0.162. The minimum Gasteiger partial charge on any atom is -0.496 e. The van der Waals surface area contributed by atoms with Crippen molar-refractivity contribution >= 4 is 15.9 Å². The molecular weight excluding hydrogens is 372 g/mol. The van der Waals surface area contributed by atoms with Gasteiger partial charge < -0.3 is 9.64 Å². The Morgan fingerprint density at radius 3 is 2.75 bits per heavy atom. The van der Waals surface area contributed by atoms with E-state index in [0.29, 0.717) is 24.5 Å². The number of quaternary nitrogens is 1. The number of nitriles is 1. The van der Waals surface area contributed by atoms with Gasteiger partial charge in [0.2, 0.25) is 0 Å². The number of nitrogens with one attached hydrogen (secondary N) is 1. The zero-order valence-corrected chi connectivity index (χ0v) is 15.8. The molecule has 1 aromatic carbocycles. The molecule has 1 unspecified atom stereocenters. The summed E-state index contributed by atoms with van der Waals surface area (Å²) < 4.78 is 7.72. The van der Waals surface area contributed by atoms with E-state index in [-0.39, 0.29) is 11.1 Å². The Labute approximate surface area is 149 Å². The van der Waals surface area contributed by atoms with Gasteiger partial charge in [-0.2, -0.15) is 15.0 Å². The van der Waals surface area contributed by atoms with Crippen molar-refractivity contribution in [2.45, 2.75) is 27.1 Å². The van der Waals surface area contributed by atoms with Gasteiger partial charge in [-0.15, -0.1) is 0 Å². The maximum atomic E-state index is 12.4. The van der Waals surface area contributed by atoms with Crippen LogP contribution in [0.1, 0.15) is 22.4 Å². The van der Waals surface area contributed by atoms with Crippen molar-refractivity contribution in [3.05, 3.63) is 55.4 Å². The van der Waals surface area contributed by atoms with Crippen LogP contribution in [0.2, 0.25) is 0 Å². The molecule has 0 aliphatic heterocycles. The maximum absolute atomic E-state index is 12.4. The van der Waals surface area contributed by atoms with Crippen LogP contribution in [0.15, 0.2) is 27.5 Å². The number of aromatic nitrogens is 2. The number of aryl methyl sites for hydroxylation is 1. The Bertz CT molecular complexity index is 855. The lowest BCUT2D eigenvalue weighted by molar-refractivity contribution is -0.917. The highest BCUT2D eigenvalue weighted by molar-refractivity contribution is 9.10. The Morgan fingerprint density at radius 2 is 2.12 bits per heavy atom. The van der Waals surface area contributed by atoms with E-state index >= 15 is 0 Å².